The number of fused-ring (bicyclic) bond motifs is 2. The Morgan fingerprint density at radius 2 is 1.95 bits per heavy atom. The zero-order valence-electron chi connectivity index (χ0n) is 11.5. The molecular formula is C16H11N3O2S. The zero-order chi connectivity index (χ0) is 15.3. The van der Waals surface area contributed by atoms with E-state index in [2.05, 4.69) is 6.07 Å². The molecule has 22 heavy (non-hydrogen) atoms. The standard InChI is InChI=1S/C16H11N3O2S/c17-7-10-5-6-13(12-4-2-1-3-11(10)12)19-15(20)14-8-22-9-18(14)16(19)21/h1-6,20H,8-9H2. The van der Waals surface area contributed by atoms with Crippen LogP contribution in [-0.2, 0) is 11.6 Å². The lowest BCUT2D eigenvalue weighted by Gasteiger charge is -2.09. The first-order valence-electron chi connectivity index (χ1n) is 6.75. The summed E-state index contributed by atoms with van der Waals surface area (Å²) in [4.78, 5) is 12.6. The molecule has 1 aromatic heterocycles. The van der Waals surface area contributed by atoms with E-state index in [9.17, 15) is 15.2 Å². The van der Waals surface area contributed by atoms with Crippen LogP contribution in [-0.4, -0.2) is 14.2 Å². The second-order valence-electron chi connectivity index (χ2n) is 5.08. The van der Waals surface area contributed by atoms with Crippen LogP contribution >= 0.6 is 11.8 Å². The quantitative estimate of drug-likeness (QED) is 0.750. The van der Waals surface area contributed by atoms with Gasteiger partial charge >= 0.3 is 5.69 Å². The monoisotopic (exact) mass is 309 g/mol. The summed E-state index contributed by atoms with van der Waals surface area (Å²) in [6, 6.07) is 13.0. The molecule has 5 nitrogen and oxygen atoms in total. The predicted molar refractivity (Wildman–Crippen MR) is 85.2 cm³/mol. The summed E-state index contributed by atoms with van der Waals surface area (Å²) in [5, 5.41) is 21.2. The third-order valence-corrected chi connectivity index (χ3v) is 4.86. The molecule has 1 aliphatic rings. The Balaban J connectivity index is 2.10. The maximum absolute atomic E-state index is 12.6. The highest BCUT2D eigenvalue weighted by molar-refractivity contribution is 7.97. The van der Waals surface area contributed by atoms with Crippen molar-refractivity contribution in [1.29, 1.82) is 5.26 Å². The van der Waals surface area contributed by atoms with Crippen LogP contribution in [0.5, 0.6) is 5.88 Å². The number of aromatic hydroxyl groups is 1. The summed E-state index contributed by atoms with van der Waals surface area (Å²) in [6.07, 6.45) is 0. The van der Waals surface area contributed by atoms with Gasteiger partial charge < -0.3 is 5.11 Å². The van der Waals surface area contributed by atoms with Crippen molar-refractivity contribution in [2.45, 2.75) is 11.6 Å². The second-order valence-corrected chi connectivity index (χ2v) is 6.04. The number of rotatable bonds is 1. The Labute approximate surface area is 130 Å². The molecule has 0 bridgehead atoms. The normalized spacial score (nSPS) is 13.2. The minimum absolute atomic E-state index is 0.00939. The van der Waals surface area contributed by atoms with Crippen molar-refractivity contribution < 1.29 is 5.11 Å². The Hall–Kier alpha value is -2.65. The van der Waals surface area contributed by atoms with Gasteiger partial charge in [-0.25, -0.2) is 9.36 Å². The van der Waals surface area contributed by atoms with Crippen LogP contribution in [0.1, 0.15) is 11.3 Å². The van der Waals surface area contributed by atoms with E-state index in [0.717, 1.165) is 10.8 Å². The summed E-state index contributed by atoms with van der Waals surface area (Å²) in [5.41, 5.74) is 1.56. The summed E-state index contributed by atoms with van der Waals surface area (Å²) in [7, 11) is 0. The predicted octanol–water partition coefficient (Wildman–Crippen LogP) is 2.57. The zero-order valence-corrected chi connectivity index (χ0v) is 12.3. The molecule has 0 spiro atoms. The van der Waals surface area contributed by atoms with E-state index >= 15 is 0 Å². The highest BCUT2D eigenvalue weighted by atomic mass is 32.2. The molecule has 108 valence electrons. The number of benzene rings is 2. The van der Waals surface area contributed by atoms with Gasteiger partial charge in [0.05, 0.1) is 28.9 Å². The van der Waals surface area contributed by atoms with E-state index in [1.54, 1.807) is 28.5 Å². The molecule has 0 saturated carbocycles. The molecule has 0 fully saturated rings. The van der Waals surface area contributed by atoms with Crippen LogP contribution in [0.2, 0.25) is 0 Å². The average molecular weight is 309 g/mol. The third kappa shape index (κ3) is 1.63. The van der Waals surface area contributed by atoms with Crippen molar-refractivity contribution in [3.63, 3.8) is 0 Å². The molecule has 6 heteroatoms. The molecular weight excluding hydrogens is 298 g/mol. The van der Waals surface area contributed by atoms with Crippen molar-refractivity contribution in [2.24, 2.45) is 0 Å². The largest absolute Gasteiger partial charge is 0.493 e. The Morgan fingerprint density at radius 3 is 2.68 bits per heavy atom. The molecule has 0 radical (unpaired) electrons. The second kappa shape index (κ2) is 4.68. The molecule has 0 saturated heterocycles. The van der Waals surface area contributed by atoms with Gasteiger partial charge in [0.15, 0.2) is 0 Å². The first kappa shape index (κ1) is 13.0. The number of thioether (sulfide) groups is 1. The van der Waals surface area contributed by atoms with E-state index < -0.39 is 0 Å². The minimum atomic E-state index is -0.243. The van der Waals surface area contributed by atoms with Crippen LogP contribution in [0.3, 0.4) is 0 Å². The van der Waals surface area contributed by atoms with Crippen molar-refractivity contribution in [1.82, 2.24) is 9.13 Å². The van der Waals surface area contributed by atoms with E-state index in [4.69, 9.17) is 0 Å². The van der Waals surface area contributed by atoms with E-state index in [-0.39, 0.29) is 11.6 Å². The highest BCUT2D eigenvalue weighted by Crippen LogP contribution is 2.33. The number of hydrogen-bond donors (Lipinski definition) is 1. The first-order chi connectivity index (χ1) is 10.7. The summed E-state index contributed by atoms with van der Waals surface area (Å²) >= 11 is 1.60. The van der Waals surface area contributed by atoms with Gasteiger partial charge in [0.2, 0.25) is 5.88 Å². The van der Waals surface area contributed by atoms with E-state index in [1.807, 2.05) is 24.3 Å². The van der Waals surface area contributed by atoms with Crippen molar-refractivity contribution in [2.75, 3.05) is 0 Å². The van der Waals surface area contributed by atoms with Crippen molar-refractivity contribution in [3.05, 3.63) is 58.1 Å². The molecule has 1 aliphatic heterocycles. The van der Waals surface area contributed by atoms with Crippen LogP contribution in [0, 0.1) is 11.3 Å². The molecule has 2 aromatic carbocycles. The molecule has 0 aliphatic carbocycles. The lowest BCUT2D eigenvalue weighted by atomic mass is 10.0. The highest BCUT2D eigenvalue weighted by Gasteiger charge is 2.25. The summed E-state index contributed by atoms with van der Waals surface area (Å²) in [5.74, 6) is 1.18. The molecule has 0 amide bonds. The maximum atomic E-state index is 12.6. The van der Waals surface area contributed by atoms with Gasteiger partial charge in [0.1, 0.15) is 0 Å². The molecule has 0 atom stereocenters. The van der Waals surface area contributed by atoms with Gasteiger partial charge in [-0.3, -0.25) is 4.57 Å². The van der Waals surface area contributed by atoms with Gasteiger partial charge in [0.25, 0.3) is 0 Å². The summed E-state index contributed by atoms with van der Waals surface area (Å²) in [6.45, 7) is 0. The van der Waals surface area contributed by atoms with E-state index in [1.165, 1.54) is 4.57 Å². The molecule has 3 aromatic rings. The smallest absolute Gasteiger partial charge is 0.336 e. The number of nitrogens with zero attached hydrogens (tertiary/aromatic N) is 3. The fourth-order valence-electron chi connectivity index (χ4n) is 2.88. The molecule has 0 unspecified atom stereocenters. The van der Waals surface area contributed by atoms with Gasteiger partial charge in [0, 0.05) is 16.5 Å². The van der Waals surface area contributed by atoms with Crippen LogP contribution in [0.4, 0.5) is 0 Å². The Morgan fingerprint density at radius 1 is 1.18 bits per heavy atom. The number of aromatic nitrogens is 2. The molecule has 1 N–H and O–H groups in total. The lowest BCUT2D eigenvalue weighted by Crippen LogP contribution is -2.22. The Kier molecular flexibility index (Phi) is 2.78. The molecule has 2 heterocycles. The fraction of sp³-hybridized carbons (Fsp3) is 0.125. The number of imidazole rings is 1. The SMILES string of the molecule is N#Cc1ccc(-n2c(O)c3n(c2=O)CSC3)c2ccccc12. The Bertz CT molecular complexity index is 1010. The maximum Gasteiger partial charge on any atom is 0.336 e. The number of hydrogen-bond acceptors (Lipinski definition) is 4. The van der Waals surface area contributed by atoms with Crippen LogP contribution < -0.4 is 5.69 Å². The fourth-order valence-corrected chi connectivity index (χ4v) is 3.90. The van der Waals surface area contributed by atoms with Gasteiger partial charge in [-0.2, -0.15) is 5.26 Å². The van der Waals surface area contributed by atoms with Crippen LogP contribution in [0.15, 0.2) is 41.2 Å². The van der Waals surface area contributed by atoms with E-state index in [0.29, 0.717) is 28.6 Å². The average Bonchev–Trinajstić information content (AvgIpc) is 3.11. The van der Waals surface area contributed by atoms with Crippen LogP contribution in [0.25, 0.3) is 16.5 Å². The lowest BCUT2D eigenvalue weighted by molar-refractivity contribution is 0.437. The third-order valence-electron chi connectivity index (χ3n) is 3.94. The first-order valence-corrected chi connectivity index (χ1v) is 7.91. The van der Waals surface area contributed by atoms with Gasteiger partial charge in [-0.15, -0.1) is 11.8 Å². The van der Waals surface area contributed by atoms with Gasteiger partial charge in [-0.1, -0.05) is 24.3 Å². The van der Waals surface area contributed by atoms with Gasteiger partial charge in [-0.05, 0) is 12.1 Å². The van der Waals surface area contributed by atoms with Crippen molar-refractivity contribution in [3.8, 4) is 17.6 Å². The van der Waals surface area contributed by atoms with Crippen molar-refractivity contribution >= 4 is 22.5 Å². The molecule has 4 rings (SSSR count). The summed E-state index contributed by atoms with van der Waals surface area (Å²) < 4.78 is 2.92. The topological polar surface area (TPSA) is 71.0 Å². The number of nitriles is 1. The minimum Gasteiger partial charge on any atom is -0.493 e.